The van der Waals surface area contributed by atoms with Crippen LogP contribution in [0.15, 0.2) is 78.2 Å². The lowest BCUT2D eigenvalue weighted by Crippen LogP contribution is -2.49. The Morgan fingerprint density at radius 2 is 1.73 bits per heavy atom. The molecule has 0 spiro atoms. The van der Waals surface area contributed by atoms with E-state index in [4.69, 9.17) is 4.74 Å². The molecule has 3 N–H and O–H groups in total. The zero-order chi connectivity index (χ0) is 32.5. The normalized spacial score (nSPS) is 13.0. The van der Waals surface area contributed by atoms with E-state index in [2.05, 4.69) is 15.6 Å². The van der Waals surface area contributed by atoms with Crippen LogP contribution in [-0.4, -0.2) is 73.7 Å². The number of ether oxygens (including phenoxy) is 1. The predicted octanol–water partition coefficient (Wildman–Crippen LogP) is 4.85. The maximum Gasteiger partial charge on any atom is 0.254 e. The number of hydrogen-bond acceptors (Lipinski definition) is 8. The molecule has 1 heterocycles. The quantitative estimate of drug-likeness (QED) is 0.183. The maximum absolute atomic E-state index is 13.8. The summed E-state index contributed by atoms with van der Waals surface area (Å²) in [5.41, 5.74) is 4.39. The molecule has 3 atom stereocenters. The molecule has 0 saturated carbocycles. The Labute approximate surface area is 269 Å². The van der Waals surface area contributed by atoms with Crippen molar-refractivity contribution in [1.82, 2.24) is 20.5 Å². The minimum atomic E-state index is -0.895. The molecule has 1 aromatic heterocycles. The predicted molar refractivity (Wildman–Crippen MR) is 180 cm³/mol. The molecule has 0 saturated heterocycles. The molecule has 0 radical (unpaired) electrons. The number of benzene rings is 3. The molecule has 0 aliphatic carbocycles. The largest absolute Gasteiger partial charge is 0.497 e. The molecule has 0 fully saturated rings. The van der Waals surface area contributed by atoms with Gasteiger partial charge in [-0.15, -0.1) is 11.3 Å². The van der Waals surface area contributed by atoms with Crippen molar-refractivity contribution in [2.75, 3.05) is 39.7 Å². The number of methoxy groups -OCH3 is 1. The third-order valence-corrected chi connectivity index (χ3v) is 8.59. The van der Waals surface area contributed by atoms with E-state index in [-0.39, 0.29) is 24.4 Å². The first-order valence-electron chi connectivity index (χ1n) is 14.9. The van der Waals surface area contributed by atoms with Gasteiger partial charge in [0.1, 0.15) is 10.8 Å². The lowest BCUT2D eigenvalue weighted by molar-refractivity contribution is 0.0784. The van der Waals surface area contributed by atoms with E-state index in [0.717, 1.165) is 33.3 Å². The van der Waals surface area contributed by atoms with Gasteiger partial charge in [-0.25, -0.2) is 4.98 Å². The average Bonchev–Trinajstić information content (AvgIpc) is 3.46. The maximum atomic E-state index is 13.8. The number of carbonyl (C=O) groups excluding carboxylic acids is 2. The number of rotatable bonds is 14. The van der Waals surface area contributed by atoms with Crippen LogP contribution in [0, 0.1) is 6.92 Å². The Morgan fingerprint density at radius 3 is 2.40 bits per heavy atom. The van der Waals surface area contributed by atoms with Crippen molar-refractivity contribution in [2.24, 2.45) is 0 Å². The summed E-state index contributed by atoms with van der Waals surface area (Å²) in [6.07, 6.45) is -0.466. The number of carbonyl (C=O) groups is 2. The van der Waals surface area contributed by atoms with Crippen LogP contribution in [0.1, 0.15) is 55.5 Å². The van der Waals surface area contributed by atoms with Crippen LogP contribution in [0.25, 0.3) is 0 Å². The first kappa shape index (κ1) is 33.6. The fourth-order valence-corrected chi connectivity index (χ4v) is 5.79. The fourth-order valence-electron chi connectivity index (χ4n) is 4.97. The van der Waals surface area contributed by atoms with E-state index in [9.17, 15) is 14.7 Å². The number of aromatic nitrogens is 1. The number of amides is 2. The van der Waals surface area contributed by atoms with Gasteiger partial charge in [0.2, 0.25) is 0 Å². The molecule has 0 bridgehead atoms. The van der Waals surface area contributed by atoms with Crippen molar-refractivity contribution < 1.29 is 19.4 Å². The fraction of sp³-hybridized carbons (Fsp3) is 0.343. The Hall–Kier alpha value is -4.25. The number of nitrogens with zero attached hydrogens (tertiary/aromatic N) is 3. The second-order valence-corrected chi connectivity index (χ2v) is 12.4. The highest BCUT2D eigenvalue weighted by Gasteiger charge is 2.25. The second-order valence-electron chi connectivity index (χ2n) is 11.5. The summed E-state index contributed by atoms with van der Waals surface area (Å²) in [5.74, 6) is 0.183. The van der Waals surface area contributed by atoms with Crippen LogP contribution in [0.5, 0.6) is 5.75 Å². The third kappa shape index (κ3) is 9.37. The van der Waals surface area contributed by atoms with Crippen molar-refractivity contribution >= 4 is 28.8 Å². The minimum absolute atomic E-state index is 0.0570. The zero-order valence-electron chi connectivity index (χ0n) is 26.8. The number of anilines is 1. The Balaban J connectivity index is 1.53. The number of aryl methyl sites for hydroxylation is 1. The summed E-state index contributed by atoms with van der Waals surface area (Å²) in [6.45, 7) is 4.56. The number of hydrogen-bond donors (Lipinski definition) is 3. The van der Waals surface area contributed by atoms with Gasteiger partial charge in [0, 0.05) is 61.6 Å². The topological polar surface area (TPSA) is 107 Å². The standard InChI is InChI=1S/C35H43N5O4S/c1-23-22-45-33(37-23)21-40(5)35(43)28-16-27(17-29(18-28)39(3)4)34(42)38-31(15-25-11-8-7-9-12-25)32(41)20-36-24(2)26-13-10-14-30(19-26)44-6/h7-14,16-19,22,24,31-32,36,41H,15,20-21H2,1-6H3,(H,38,42)/t24-,31-,32+/m0/s1. The summed E-state index contributed by atoms with van der Waals surface area (Å²) in [7, 11) is 7.09. The highest BCUT2D eigenvalue weighted by molar-refractivity contribution is 7.09. The first-order valence-corrected chi connectivity index (χ1v) is 15.8. The molecule has 45 heavy (non-hydrogen) atoms. The van der Waals surface area contributed by atoms with Crippen molar-refractivity contribution in [2.45, 2.75) is 45.0 Å². The van der Waals surface area contributed by atoms with Crippen molar-refractivity contribution in [3.05, 3.63) is 111 Å². The Bertz CT molecular complexity index is 1580. The summed E-state index contributed by atoms with van der Waals surface area (Å²) in [6, 6.07) is 22.0. The highest BCUT2D eigenvalue weighted by atomic mass is 32.1. The zero-order valence-corrected chi connectivity index (χ0v) is 27.6. The van der Waals surface area contributed by atoms with Crippen molar-refractivity contribution in [1.29, 1.82) is 0 Å². The molecular weight excluding hydrogens is 586 g/mol. The van der Waals surface area contributed by atoms with Gasteiger partial charge in [-0.05, 0) is 61.7 Å². The van der Waals surface area contributed by atoms with Crippen LogP contribution in [0.2, 0.25) is 0 Å². The second kappa shape index (κ2) is 15.7. The van der Waals surface area contributed by atoms with E-state index in [1.165, 1.54) is 11.3 Å². The lowest BCUT2D eigenvalue weighted by atomic mass is 9.99. The van der Waals surface area contributed by atoms with E-state index < -0.39 is 12.1 Å². The monoisotopic (exact) mass is 629 g/mol. The third-order valence-electron chi connectivity index (χ3n) is 7.64. The van der Waals surface area contributed by atoms with Gasteiger partial charge in [0.15, 0.2) is 0 Å². The molecule has 0 aliphatic heterocycles. The molecule has 4 aromatic rings. The number of nitrogens with one attached hydrogen (secondary N) is 2. The number of thiazole rings is 1. The summed E-state index contributed by atoms with van der Waals surface area (Å²) in [5, 5.41) is 20.6. The molecule has 0 aliphatic rings. The molecule has 10 heteroatoms. The molecule has 9 nitrogen and oxygen atoms in total. The smallest absolute Gasteiger partial charge is 0.254 e. The SMILES string of the molecule is COc1cccc([C@H](C)NC[C@@H](O)[C@H](Cc2ccccc2)NC(=O)c2cc(C(=O)N(C)Cc3nc(C)cs3)cc(N(C)C)c2)c1. The van der Waals surface area contributed by atoms with Crippen molar-refractivity contribution in [3.63, 3.8) is 0 Å². The van der Waals surface area contributed by atoms with Gasteiger partial charge in [-0.3, -0.25) is 9.59 Å². The lowest BCUT2D eigenvalue weighted by Gasteiger charge is -2.27. The highest BCUT2D eigenvalue weighted by Crippen LogP contribution is 2.22. The Kier molecular flexibility index (Phi) is 11.7. The summed E-state index contributed by atoms with van der Waals surface area (Å²) >= 11 is 1.51. The van der Waals surface area contributed by atoms with E-state index >= 15 is 0 Å². The average molecular weight is 630 g/mol. The molecule has 2 amide bonds. The van der Waals surface area contributed by atoms with Crippen molar-refractivity contribution in [3.8, 4) is 5.75 Å². The number of aliphatic hydroxyl groups excluding tert-OH is 1. The summed E-state index contributed by atoms with van der Waals surface area (Å²) < 4.78 is 5.35. The van der Waals surface area contributed by atoms with E-state index in [1.54, 1.807) is 37.3 Å². The van der Waals surface area contributed by atoms with Crippen LogP contribution in [0.4, 0.5) is 5.69 Å². The van der Waals surface area contributed by atoms with Gasteiger partial charge < -0.3 is 30.3 Å². The first-order chi connectivity index (χ1) is 21.5. The minimum Gasteiger partial charge on any atom is -0.497 e. The summed E-state index contributed by atoms with van der Waals surface area (Å²) in [4.78, 5) is 35.2. The van der Waals surface area contributed by atoms with Crippen LogP contribution in [0.3, 0.4) is 0 Å². The molecule has 3 aromatic carbocycles. The Morgan fingerprint density at radius 1 is 1.00 bits per heavy atom. The molecule has 238 valence electrons. The van der Waals surface area contributed by atoms with Crippen LogP contribution in [-0.2, 0) is 13.0 Å². The van der Waals surface area contributed by atoms with Crippen LogP contribution >= 0.6 is 11.3 Å². The van der Waals surface area contributed by atoms with Gasteiger partial charge in [0.05, 0.1) is 25.8 Å². The molecular formula is C35H43N5O4S. The number of aliphatic hydroxyl groups is 1. The van der Waals surface area contributed by atoms with Gasteiger partial charge in [-0.1, -0.05) is 42.5 Å². The van der Waals surface area contributed by atoms with Gasteiger partial charge in [0.25, 0.3) is 11.8 Å². The van der Waals surface area contributed by atoms with Gasteiger partial charge >= 0.3 is 0 Å². The van der Waals surface area contributed by atoms with E-state index in [0.29, 0.717) is 24.1 Å². The van der Waals surface area contributed by atoms with E-state index in [1.807, 2.05) is 92.8 Å². The van der Waals surface area contributed by atoms with Gasteiger partial charge in [-0.2, -0.15) is 0 Å². The van der Waals surface area contributed by atoms with Crippen LogP contribution < -0.4 is 20.3 Å². The molecule has 4 rings (SSSR count). The molecule has 0 unspecified atom stereocenters.